The second-order valence-corrected chi connectivity index (χ2v) is 4.40. The third-order valence-electron chi connectivity index (χ3n) is 2.94. The van der Waals surface area contributed by atoms with Gasteiger partial charge in [-0.15, -0.1) is 0 Å². The third-order valence-corrected chi connectivity index (χ3v) is 2.94. The molecular formula is C16H16N4O. The second kappa shape index (κ2) is 7.17. The van der Waals surface area contributed by atoms with E-state index < -0.39 is 0 Å². The summed E-state index contributed by atoms with van der Waals surface area (Å²) in [5.41, 5.74) is 7.41. The minimum absolute atomic E-state index is 0.121. The van der Waals surface area contributed by atoms with Crippen molar-refractivity contribution in [1.82, 2.24) is 15.3 Å². The summed E-state index contributed by atoms with van der Waals surface area (Å²) in [7, 11) is 0. The first kappa shape index (κ1) is 14.7. The molecule has 1 unspecified atom stereocenters. The lowest BCUT2D eigenvalue weighted by Gasteiger charge is -2.14. The molecule has 0 saturated heterocycles. The second-order valence-electron chi connectivity index (χ2n) is 4.40. The molecule has 106 valence electrons. The van der Waals surface area contributed by atoms with Crippen LogP contribution in [0.2, 0.25) is 0 Å². The van der Waals surface area contributed by atoms with Crippen LogP contribution >= 0.6 is 0 Å². The fourth-order valence-electron chi connectivity index (χ4n) is 1.85. The van der Waals surface area contributed by atoms with E-state index >= 15 is 0 Å². The first-order valence-electron chi connectivity index (χ1n) is 6.56. The third kappa shape index (κ3) is 3.88. The van der Waals surface area contributed by atoms with Gasteiger partial charge < -0.3 is 11.1 Å². The fourth-order valence-corrected chi connectivity index (χ4v) is 1.85. The highest BCUT2D eigenvalue weighted by molar-refractivity contribution is 5.96. The molecule has 2 rings (SSSR count). The Morgan fingerprint density at radius 3 is 2.71 bits per heavy atom. The normalized spacial score (nSPS) is 11.1. The summed E-state index contributed by atoms with van der Waals surface area (Å²) in [4.78, 5) is 20.3. The van der Waals surface area contributed by atoms with Crippen molar-refractivity contribution in [2.45, 2.75) is 13.0 Å². The standard InChI is InChI=1S/C16H16N4O/c1-12(13-4-8-18-9-5-13)20-16(21)15-6-10-19-11-14(15)3-2-7-17/h4-6,8-12H,7,17H2,1H3,(H,20,21). The van der Waals surface area contributed by atoms with Crippen molar-refractivity contribution >= 4 is 5.91 Å². The van der Waals surface area contributed by atoms with Gasteiger partial charge in [-0.1, -0.05) is 11.8 Å². The van der Waals surface area contributed by atoms with Crippen LogP contribution in [0.1, 0.15) is 34.5 Å². The van der Waals surface area contributed by atoms with E-state index in [0.29, 0.717) is 11.1 Å². The van der Waals surface area contributed by atoms with Crippen LogP contribution in [0.25, 0.3) is 0 Å². The van der Waals surface area contributed by atoms with Gasteiger partial charge in [0.2, 0.25) is 0 Å². The number of rotatable bonds is 3. The van der Waals surface area contributed by atoms with Crippen LogP contribution in [-0.2, 0) is 0 Å². The van der Waals surface area contributed by atoms with Crippen molar-refractivity contribution in [1.29, 1.82) is 0 Å². The summed E-state index contributed by atoms with van der Waals surface area (Å²) >= 11 is 0. The highest BCUT2D eigenvalue weighted by Crippen LogP contribution is 2.13. The van der Waals surface area contributed by atoms with Gasteiger partial charge in [0.15, 0.2) is 0 Å². The number of hydrogen-bond donors (Lipinski definition) is 2. The van der Waals surface area contributed by atoms with Crippen LogP contribution in [0.15, 0.2) is 43.0 Å². The van der Waals surface area contributed by atoms with E-state index in [1.54, 1.807) is 30.9 Å². The van der Waals surface area contributed by atoms with Crippen molar-refractivity contribution in [3.8, 4) is 11.8 Å². The molecule has 5 nitrogen and oxygen atoms in total. The molecular weight excluding hydrogens is 264 g/mol. The predicted octanol–water partition coefficient (Wildman–Crippen LogP) is 1.28. The fraction of sp³-hybridized carbons (Fsp3) is 0.188. The van der Waals surface area contributed by atoms with Crippen molar-refractivity contribution in [2.24, 2.45) is 5.73 Å². The lowest BCUT2D eigenvalue weighted by Crippen LogP contribution is -2.27. The average molecular weight is 280 g/mol. The van der Waals surface area contributed by atoms with Crippen LogP contribution in [0.4, 0.5) is 0 Å². The molecule has 0 fully saturated rings. The molecule has 2 aromatic heterocycles. The summed E-state index contributed by atoms with van der Waals surface area (Å²) in [6.45, 7) is 2.16. The number of nitrogens with one attached hydrogen (secondary N) is 1. The molecule has 2 heterocycles. The lowest BCUT2D eigenvalue weighted by atomic mass is 10.1. The zero-order valence-electron chi connectivity index (χ0n) is 11.7. The Kier molecular flexibility index (Phi) is 5.02. The number of amides is 1. The number of nitrogens with two attached hydrogens (primary N) is 1. The topological polar surface area (TPSA) is 80.9 Å². The van der Waals surface area contributed by atoms with Gasteiger partial charge in [0, 0.05) is 24.8 Å². The van der Waals surface area contributed by atoms with Crippen LogP contribution in [0.3, 0.4) is 0 Å². The number of carbonyl (C=O) groups is 1. The Labute approximate surface area is 123 Å². The first-order valence-corrected chi connectivity index (χ1v) is 6.56. The van der Waals surface area contributed by atoms with Gasteiger partial charge >= 0.3 is 0 Å². The largest absolute Gasteiger partial charge is 0.345 e. The smallest absolute Gasteiger partial charge is 0.253 e. The highest BCUT2D eigenvalue weighted by Gasteiger charge is 2.14. The molecule has 0 aliphatic rings. The summed E-state index contributed by atoms with van der Waals surface area (Å²) in [6, 6.07) is 5.26. The Hall–Kier alpha value is -2.71. The zero-order chi connectivity index (χ0) is 15.1. The molecule has 0 saturated carbocycles. The van der Waals surface area contributed by atoms with Gasteiger partial charge in [-0.3, -0.25) is 14.8 Å². The minimum atomic E-state index is -0.192. The number of carbonyl (C=O) groups excluding carboxylic acids is 1. The van der Waals surface area contributed by atoms with E-state index in [1.807, 2.05) is 19.1 Å². The minimum Gasteiger partial charge on any atom is -0.345 e. The van der Waals surface area contributed by atoms with Crippen LogP contribution in [-0.4, -0.2) is 22.4 Å². The van der Waals surface area contributed by atoms with E-state index in [1.165, 1.54) is 0 Å². The zero-order valence-corrected chi connectivity index (χ0v) is 11.7. The molecule has 1 amide bonds. The number of pyridine rings is 2. The number of hydrogen-bond acceptors (Lipinski definition) is 4. The molecule has 21 heavy (non-hydrogen) atoms. The van der Waals surface area contributed by atoms with Crippen molar-refractivity contribution in [3.05, 3.63) is 59.7 Å². The van der Waals surface area contributed by atoms with Crippen molar-refractivity contribution in [3.63, 3.8) is 0 Å². The number of nitrogens with zero attached hydrogens (tertiary/aromatic N) is 2. The summed E-state index contributed by atoms with van der Waals surface area (Å²) in [6.07, 6.45) is 6.53. The Balaban J connectivity index is 2.17. The van der Waals surface area contributed by atoms with E-state index in [-0.39, 0.29) is 18.5 Å². The maximum absolute atomic E-state index is 12.4. The molecule has 0 bridgehead atoms. The molecule has 0 spiro atoms. The van der Waals surface area contributed by atoms with Gasteiger partial charge in [-0.25, -0.2) is 0 Å². The van der Waals surface area contributed by atoms with Gasteiger partial charge in [0.25, 0.3) is 5.91 Å². The lowest BCUT2D eigenvalue weighted by molar-refractivity contribution is 0.0939. The van der Waals surface area contributed by atoms with E-state index in [9.17, 15) is 4.79 Å². The van der Waals surface area contributed by atoms with E-state index in [4.69, 9.17) is 5.73 Å². The molecule has 1 atom stereocenters. The SMILES string of the molecule is CC(NC(=O)c1ccncc1C#CCN)c1ccncc1. The molecule has 5 heteroatoms. The summed E-state index contributed by atoms with van der Waals surface area (Å²) < 4.78 is 0. The molecule has 0 aromatic carbocycles. The molecule has 0 radical (unpaired) electrons. The molecule has 0 aliphatic carbocycles. The first-order chi connectivity index (χ1) is 10.2. The quantitative estimate of drug-likeness (QED) is 0.830. The van der Waals surface area contributed by atoms with Crippen LogP contribution in [0, 0.1) is 11.8 Å². The van der Waals surface area contributed by atoms with Crippen LogP contribution < -0.4 is 11.1 Å². The predicted molar refractivity (Wildman–Crippen MR) is 80.3 cm³/mol. The maximum atomic E-state index is 12.4. The van der Waals surface area contributed by atoms with Gasteiger partial charge in [0.1, 0.15) is 0 Å². The molecule has 0 aliphatic heterocycles. The van der Waals surface area contributed by atoms with Gasteiger partial charge in [0.05, 0.1) is 23.7 Å². The monoisotopic (exact) mass is 280 g/mol. The van der Waals surface area contributed by atoms with Crippen molar-refractivity contribution < 1.29 is 4.79 Å². The van der Waals surface area contributed by atoms with E-state index in [0.717, 1.165) is 5.56 Å². The van der Waals surface area contributed by atoms with E-state index in [2.05, 4.69) is 27.1 Å². The maximum Gasteiger partial charge on any atom is 0.253 e. The highest BCUT2D eigenvalue weighted by atomic mass is 16.1. The molecule has 2 aromatic rings. The van der Waals surface area contributed by atoms with Gasteiger partial charge in [-0.05, 0) is 30.7 Å². The summed E-state index contributed by atoms with van der Waals surface area (Å²) in [5.74, 6) is 5.40. The molecule has 3 N–H and O–H groups in total. The van der Waals surface area contributed by atoms with Gasteiger partial charge in [-0.2, -0.15) is 0 Å². The van der Waals surface area contributed by atoms with Crippen LogP contribution in [0.5, 0.6) is 0 Å². The van der Waals surface area contributed by atoms with Crippen molar-refractivity contribution in [2.75, 3.05) is 6.54 Å². The summed E-state index contributed by atoms with van der Waals surface area (Å²) in [5, 5.41) is 2.94. The number of aromatic nitrogens is 2. The Bertz CT molecular complexity index is 673. The average Bonchev–Trinajstić information content (AvgIpc) is 2.54. The Morgan fingerprint density at radius 2 is 2.00 bits per heavy atom. The Morgan fingerprint density at radius 1 is 1.29 bits per heavy atom.